The first-order valence-corrected chi connectivity index (χ1v) is 5.94. The minimum Gasteiger partial charge on any atom is -0.318 e. The summed E-state index contributed by atoms with van der Waals surface area (Å²) in [6.45, 7) is 0.424. The largest absolute Gasteiger partial charge is 0.431 e. The van der Waals surface area contributed by atoms with E-state index in [1.54, 1.807) is 0 Å². The lowest BCUT2D eigenvalue weighted by molar-refractivity contribution is -0.397. The number of hydrogen-bond donors (Lipinski definition) is 0. The van der Waals surface area contributed by atoms with Crippen LogP contribution in [0.15, 0.2) is 0 Å². The van der Waals surface area contributed by atoms with Crippen LogP contribution in [0.25, 0.3) is 0 Å². The molecule has 0 N–H and O–H groups in total. The minimum absolute atomic E-state index is 0.196. The van der Waals surface area contributed by atoms with Gasteiger partial charge in [0.05, 0.1) is 6.61 Å². The van der Waals surface area contributed by atoms with Gasteiger partial charge in [-0.15, -0.1) is 0 Å². The van der Waals surface area contributed by atoms with Gasteiger partial charge in [-0.25, -0.2) is 4.39 Å². The summed E-state index contributed by atoms with van der Waals surface area (Å²) in [5.74, 6) is -1.74. The fourth-order valence-electron chi connectivity index (χ4n) is 2.42. The van der Waals surface area contributed by atoms with Gasteiger partial charge in [0.2, 0.25) is 0 Å². The van der Waals surface area contributed by atoms with Crippen LogP contribution >= 0.6 is 0 Å². The van der Waals surface area contributed by atoms with E-state index in [1.807, 2.05) is 0 Å². The first-order valence-electron chi connectivity index (χ1n) is 5.94. The summed E-state index contributed by atoms with van der Waals surface area (Å²) < 4.78 is 83.1. The molecule has 1 aliphatic rings. The molecular weight excluding hydrogens is 262 g/mol. The lowest BCUT2D eigenvalue weighted by Crippen LogP contribution is -2.61. The summed E-state index contributed by atoms with van der Waals surface area (Å²) in [6.07, 6.45) is -9.58. The number of rotatable bonds is 4. The van der Waals surface area contributed by atoms with Gasteiger partial charge in [0, 0.05) is 5.92 Å². The van der Waals surface area contributed by atoms with Crippen LogP contribution < -0.4 is 0 Å². The quantitative estimate of drug-likeness (QED) is 0.689. The van der Waals surface area contributed by atoms with Crippen molar-refractivity contribution in [2.75, 3.05) is 6.61 Å². The van der Waals surface area contributed by atoms with E-state index < -0.39 is 30.5 Å². The summed E-state index contributed by atoms with van der Waals surface area (Å²) in [6, 6.07) is 0. The van der Waals surface area contributed by atoms with Crippen LogP contribution in [0.3, 0.4) is 0 Å². The molecule has 0 aromatic carbocycles. The van der Waals surface area contributed by atoms with Gasteiger partial charge in [-0.1, -0.05) is 19.3 Å². The maximum atomic E-state index is 14.1. The Morgan fingerprint density at radius 3 is 1.83 bits per heavy atom. The Bertz CT molecular complexity index is 271. The predicted molar refractivity (Wildman–Crippen MR) is 53.0 cm³/mol. The summed E-state index contributed by atoms with van der Waals surface area (Å²) in [4.78, 5) is 0. The molecule has 1 aliphatic carbocycles. The highest BCUT2D eigenvalue weighted by atomic mass is 19.4. The molecule has 1 fully saturated rings. The van der Waals surface area contributed by atoms with Crippen molar-refractivity contribution in [3.63, 3.8) is 0 Å². The van der Waals surface area contributed by atoms with Gasteiger partial charge in [-0.3, -0.25) is 0 Å². The summed E-state index contributed by atoms with van der Waals surface area (Å²) >= 11 is 0. The van der Waals surface area contributed by atoms with Crippen LogP contribution in [0, 0.1) is 5.92 Å². The fraction of sp³-hybridized carbons (Fsp3) is 1.00. The lowest BCUT2D eigenvalue weighted by Gasteiger charge is -2.41. The zero-order valence-electron chi connectivity index (χ0n) is 10.00. The van der Waals surface area contributed by atoms with Crippen LogP contribution in [0.5, 0.6) is 0 Å². The van der Waals surface area contributed by atoms with Gasteiger partial charge < -0.3 is 4.74 Å². The molecule has 0 aliphatic heterocycles. The number of halogens is 6. The molecule has 1 nitrogen and oxygen atoms in total. The SMILES string of the molecule is CCOC(F)(F)C(F)(C1CCCCC1)C(F)(F)F. The Balaban J connectivity index is 3.09. The van der Waals surface area contributed by atoms with Gasteiger partial charge in [0.25, 0.3) is 5.67 Å². The first-order chi connectivity index (χ1) is 8.17. The zero-order valence-corrected chi connectivity index (χ0v) is 10.00. The van der Waals surface area contributed by atoms with E-state index in [1.165, 1.54) is 0 Å². The number of hydrogen-bond acceptors (Lipinski definition) is 1. The molecule has 0 bridgehead atoms. The highest BCUT2D eigenvalue weighted by Gasteiger charge is 2.75. The third-order valence-electron chi connectivity index (χ3n) is 3.33. The Labute approximate surface area is 101 Å². The molecule has 1 saturated carbocycles. The van der Waals surface area contributed by atoms with Gasteiger partial charge >= 0.3 is 12.3 Å². The highest BCUT2D eigenvalue weighted by Crippen LogP contribution is 2.54. The van der Waals surface area contributed by atoms with Crippen LogP contribution in [0.1, 0.15) is 39.0 Å². The molecule has 0 radical (unpaired) electrons. The smallest absolute Gasteiger partial charge is 0.318 e. The standard InChI is InChI=1S/C11H16F6O/c1-2-18-11(16,17)9(12,10(13,14)15)8-6-4-3-5-7-8/h8H,2-7H2,1H3. The van der Waals surface area contributed by atoms with E-state index in [0.717, 1.165) is 6.92 Å². The highest BCUT2D eigenvalue weighted by molar-refractivity contribution is 5.01. The molecule has 0 spiro atoms. The monoisotopic (exact) mass is 278 g/mol. The molecule has 0 heterocycles. The van der Waals surface area contributed by atoms with E-state index in [-0.39, 0.29) is 12.8 Å². The normalized spacial score (nSPS) is 22.8. The van der Waals surface area contributed by atoms with Crippen LogP contribution in [0.4, 0.5) is 26.3 Å². The van der Waals surface area contributed by atoms with Crippen molar-refractivity contribution >= 4 is 0 Å². The Morgan fingerprint density at radius 2 is 1.44 bits per heavy atom. The molecule has 108 valence electrons. The molecule has 0 saturated heterocycles. The van der Waals surface area contributed by atoms with Crippen molar-refractivity contribution in [2.24, 2.45) is 5.92 Å². The first kappa shape index (κ1) is 15.6. The maximum Gasteiger partial charge on any atom is 0.431 e. The summed E-state index contributed by atoms with van der Waals surface area (Å²) in [5, 5.41) is 0. The van der Waals surface area contributed by atoms with Crippen LogP contribution in [0.2, 0.25) is 0 Å². The van der Waals surface area contributed by atoms with Crippen molar-refractivity contribution in [3.8, 4) is 0 Å². The molecule has 7 heteroatoms. The van der Waals surface area contributed by atoms with E-state index in [9.17, 15) is 26.3 Å². The van der Waals surface area contributed by atoms with E-state index in [0.29, 0.717) is 19.3 Å². The fourth-order valence-corrected chi connectivity index (χ4v) is 2.42. The molecule has 0 aromatic rings. The van der Waals surface area contributed by atoms with Crippen LogP contribution in [-0.4, -0.2) is 24.6 Å². The second-order valence-electron chi connectivity index (χ2n) is 4.49. The van der Waals surface area contributed by atoms with Crippen molar-refractivity contribution < 1.29 is 31.1 Å². The van der Waals surface area contributed by atoms with Gasteiger partial charge in [0.1, 0.15) is 0 Å². The molecule has 18 heavy (non-hydrogen) atoms. The van der Waals surface area contributed by atoms with Crippen LogP contribution in [-0.2, 0) is 4.74 Å². The van der Waals surface area contributed by atoms with Gasteiger partial charge in [0.15, 0.2) is 0 Å². The third kappa shape index (κ3) is 2.60. The average molecular weight is 278 g/mol. The zero-order chi connectivity index (χ0) is 14.0. The van der Waals surface area contributed by atoms with Crippen molar-refractivity contribution in [3.05, 3.63) is 0 Å². The van der Waals surface area contributed by atoms with Crippen molar-refractivity contribution in [1.29, 1.82) is 0 Å². The Hall–Kier alpha value is -0.460. The molecule has 1 atom stereocenters. The molecular formula is C11H16F6O. The van der Waals surface area contributed by atoms with Crippen molar-refractivity contribution in [2.45, 2.75) is 57.0 Å². The minimum atomic E-state index is -5.65. The third-order valence-corrected chi connectivity index (χ3v) is 3.33. The topological polar surface area (TPSA) is 9.23 Å². The summed E-state index contributed by atoms with van der Waals surface area (Å²) in [5.41, 5.74) is -4.60. The van der Waals surface area contributed by atoms with E-state index in [2.05, 4.69) is 4.74 Å². The van der Waals surface area contributed by atoms with Gasteiger partial charge in [-0.05, 0) is 19.8 Å². The Morgan fingerprint density at radius 1 is 0.944 bits per heavy atom. The molecule has 1 rings (SSSR count). The molecule has 1 unspecified atom stereocenters. The summed E-state index contributed by atoms with van der Waals surface area (Å²) in [7, 11) is 0. The average Bonchev–Trinajstić information content (AvgIpc) is 2.27. The number of ether oxygens (including phenoxy) is 1. The molecule has 0 amide bonds. The second kappa shape index (κ2) is 5.27. The predicted octanol–water partition coefficient (Wildman–Crippen LogP) is 4.47. The second-order valence-corrected chi connectivity index (χ2v) is 4.49. The Kier molecular flexibility index (Phi) is 4.56. The lowest BCUT2D eigenvalue weighted by atomic mass is 9.76. The van der Waals surface area contributed by atoms with Crippen molar-refractivity contribution in [1.82, 2.24) is 0 Å². The number of alkyl halides is 6. The molecule has 0 aromatic heterocycles. The van der Waals surface area contributed by atoms with E-state index >= 15 is 0 Å². The van der Waals surface area contributed by atoms with Gasteiger partial charge in [-0.2, -0.15) is 22.0 Å². The maximum absolute atomic E-state index is 14.1. The van der Waals surface area contributed by atoms with E-state index in [4.69, 9.17) is 0 Å².